The predicted molar refractivity (Wildman–Crippen MR) is 83.8 cm³/mol. The summed E-state index contributed by atoms with van der Waals surface area (Å²) in [7, 11) is 0. The Kier molecular flexibility index (Phi) is 4.22. The van der Waals surface area contributed by atoms with E-state index in [1.165, 1.54) is 17.6 Å². The molecule has 0 spiro atoms. The summed E-state index contributed by atoms with van der Waals surface area (Å²) in [6.45, 7) is 8.43. The van der Waals surface area contributed by atoms with E-state index in [4.69, 9.17) is 0 Å². The number of nitro benzene ring substituents is 1. The third kappa shape index (κ3) is 3.55. The Bertz CT molecular complexity index is 661. The van der Waals surface area contributed by atoms with Crippen molar-refractivity contribution >= 4 is 22.4 Å². The molecule has 0 fully saturated rings. The van der Waals surface area contributed by atoms with Crippen LogP contribution in [0.2, 0.25) is 0 Å². The van der Waals surface area contributed by atoms with Crippen LogP contribution in [0.3, 0.4) is 0 Å². The number of benzene rings is 1. The van der Waals surface area contributed by atoms with Crippen LogP contribution in [0.25, 0.3) is 0 Å². The zero-order chi connectivity index (χ0) is 15.6. The molecule has 1 aromatic heterocycles. The lowest BCUT2D eigenvalue weighted by Gasteiger charge is -2.12. The Morgan fingerprint density at radius 3 is 2.67 bits per heavy atom. The molecule has 0 saturated heterocycles. The van der Waals surface area contributed by atoms with E-state index < -0.39 is 0 Å². The maximum Gasteiger partial charge on any atom is 0.272 e. The van der Waals surface area contributed by atoms with Crippen molar-refractivity contribution in [3.05, 3.63) is 45.3 Å². The van der Waals surface area contributed by atoms with Crippen LogP contribution in [-0.2, 0) is 12.0 Å². The van der Waals surface area contributed by atoms with E-state index >= 15 is 0 Å². The third-order valence-electron chi connectivity index (χ3n) is 3.14. The molecular weight excluding hydrogens is 288 g/mol. The molecule has 1 N–H and O–H groups in total. The molecule has 0 radical (unpaired) electrons. The van der Waals surface area contributed by atoms with Gasteiger partial charge in [-0.2, -0.15) is 4.37 Å². The van der Waals surface area contributed by atoms with Gasteiger partial charge in [-0.3, -0.25) is 10.1 Å². The third-order valence-corrected chi connectivity index (χ3v) is 3.81. The molecule has 112 valence electrons. The van der Waals surface area contributed by atoms with Crippen LogP contribution in [0, 0.1) is 17.0 Å². The highest BCUT2D eigenvalue weighted by Crippen LogP contribution is 2.25. The number of anilines is 1. The summed E-state index contributed by atoms with van der Waals surface area (Å²) < 4.78 is 4.33. The van der Waals surface area contributed by atoms with Crippen molar-refractivity contribution in [1.29, 1.82) is 0 Å². The number of nitrogens with zero attached hydrogens (tertiary/aromatic N) is 3. The van der Waals surface area contributed by atoms with Crippen LogP contribution in [0.5, 0.6) is 0 Å². The molecule has 0 aliphatic carbocycles. The van der Waals surface area contributed by atoms with Gasteiger partial charge >= 0.3 is 0 Å². The molecular formula is C14H18N4O2S. The average Bonchev–Trinajstić information content (AvgIpc) is 2.86. The molecule has 0 saturated carbocycles. The Morgan fingerprint density at radius 2 is 2.10 bits per heavy atom. The van der Waals surface area contributed by atoms with Gasteiger partial charge in [-0.25, -0.2) is 4.98 Å². The maximum atomic E-state index is 10.9. The zero-order valence-corrected chi connectivity index (χ0v) is 13.3. The van der Waals surface area contributed by atoms with Crippen LogP contribution in [0.15, 0.2) is 18.2 Å². The molecule has 0 aliphatic rings. The molecule has 0 amide bonds. The molecule has 0 atom stereocenters. The fourth-order valence-electron chi connectivity index (χ4n) is 1.83. The standard InChI is InChI=1S/C14H18N4O2S/c1-9-10(6-5-7-11(9)18(19)20)8-15-13-16-12(17-21-13)14(2,3)4/h5-7H,8H2,1-4H3,(H,15,16,17). The Balaban J connectivity index is 2.12. The van der Waals surface area contributed by atoms with Crippen molar-refractivity contribution in [3.63, 3.8) is 0 Å². The minimum Gasteiger partial charge on any atom is -0.356 e. The van der Waals surface area contributed by atoms with Gasteiger partial charge in [0.15, 0.2) is 0 Å². The second-order valence-electron chi connectivity index (χ2n) is 5.85. The normalized spacial score (nSPS) is 11.4. The lowest BCUT2D eigenvalue weighted by atomic mass is 9.96. The molecule has 0 aliphatic heterocycles. The number of nitrogens with one attached hydrogen (secondary N) is 1. The minimum absolute atomic E-state index is 0.0854. The molecule has 1 heterocycles. The molecule has 1 aromatic carbocycles. The highest BCUT2D eigenvalue weighted by molar-refractivity contribution is 7.09. The van der Waals surface area contributed by atoms with Gasteiger partial charge in [-0.05, 0) is 12.5 Å². The predicted octanol–water partition coefficient (Wildman–Crippen LogP) is 3.66. The van der Waals surface area contributed by atoms with Crippen molar-refractivity contribution in [2.45, 2.75) is 39.7 Å². The van der Waals surface area contributed by atoms with Crippen molar-refractivity contribution in [3.8, 4) is 0 Å². The van der Waals surface area contributed by atoms with Crippen molar-refractivity contribution in [2.75, 3.05) is 5.32 Å². The summed E-state index contributed by atoms with van der Waals surface area (Å²) in [4.78, 5) is 15.0. The summed E-state index contributed by atoms with van der Waals surface area (Å²) in [5.41, 5.74) is 1.62. The van der Waals surface area contributed by atoms with Gasteiger partial charge in [0.2, 0.25) is 5.13 Å². The van der Waals surface area contributed by atoms with Crippen LogP contribution >= 0.6 is 11.5 Å². The average molecular weight is 306 g/mol. The minimum atomic E-state index is -0.360. The van der Waals surface area contributed by atoms with E-state index in [0.29, 0.717) is 12.1 Å². The van der Waals surface area contributed by atoms with E-state index in [1.54, 1.807) is 13.0 Å². The number of rotatable bonds is 4. The molecule has 0 bridgehead atoms. The van der Waals surface area contributed by atoms with Crippen molar-refractivity contribution in [2.24, 2.45) is 0 Å². The van der Waals surface area contributed by atoms with Gasteiger partial charge in [-0.15, -0.1) is 0 Å². The monoisotopic (exact) mass is 306 g/mol. The van der Waals surface area contributed by atoms with E-state index in [9.17, 15) is 10.1 Å². The molecule has 2 rings (SSSR count). The van der Waals surface area contributed by atoms with E-state index in [-0.39, 0.29) is 16.0 Å². The Morgan fingerprint density at radius 1 is 1.38 bits per heavy atom. The van der Waals surface area contributed by atoms with Crippen molar-refractivity contribution in [1.82, 2.24) is 9.36 Å². The van der Waals surface area contributed by atoms with E-state index in [1.807, 2.05) is 6.07 Å². The van der Waals surface area contributed by atoms with E-state index in [2.05, 4.69) is 35.4 Å². The smallest absolute Gasteiger partial charge is 0.272 e. The first kappa shape index (κ1) is 15.4. The summed E-state index contributed by atoms with van der Waals surface area (Å²) in [6, 6.07) is 5.09. The Labute approximate surface area is 127 Å². The highest BCUT2D eigenvalue weighted by Gasteiger charge is 2.19. The fraction of sp³-hybridized carbons (Fsp3) is 0.429. The fourth-order valence-corrected chi connectivity index (χ4v) is 2.58. The molecule has 7 heteroatoms. The van der Waals surface area contributed by atoms with Gasteiger partial charge in [0.25, 0.3) is 5.69 Å². The highest BCUT2D eigenvalue weighted by atomic mass is 32.1. The summed E-state index contributed by atoms with van der Waals surface area (Å²) in [6.07, 6.45) is 0. The van der Waals surface area contributed by atoms with Crippen molar-refractivity contribution < 1.29 is 4.92 Å². The molecule has 2 aromatic rings. The van der Waals surface area contributed by atoms with Gasteiger partial charge in [0, 0.05) is 35.1 Å². The van der Waals surface area contributed by atoms with Gasteiger partial charge in [0.1, 0.15) is 5.82 Å². The summed E-state index contributed by atoms with van der Waals surface area (Å²) in [5, 5.41) is 14.8. The summed E-state index contributed by atoms with van der Waals surface area (Å²) in [5.74, 6) is 0.797. The quantitative estimate of drug-likeness (QED) is 0.688. The van der Waals surface area contributed by atoms with Gasteiger partial charge < -0.3 is 5.32 Å². The zero-order valence-electron chi connectivity index (χ0n) is 12.5. The van der Waals surface area contributed by atoms with Gasteiger partial charge in [-0.1, -0.05) is 32.9 Å². The first-order valence-electron chi connectivity index (χ1n) is 6.60. The summed E-state index contributed by atoms with van der Waals surface area (Å²) >= 11 is 1.31. The second-order valence-corrected chi connectivity index (χ2v) is 6.60. The molecule has 21 heavy (non-hydrogen) atoms. The molecule has 0 unspecified atom stereocenters. The largest absolute Gasteiger partial charge is 0.356 e. The first-order valence-corrected chi connectivity index (χ1v) is 7.37. The second kappa shape index (κ2) is 5.77. The van der Waals surface area contributed by atoms with Crippen LogP contribution in [0.4, 0.5) is 10.8 Å². The number of aromatic nitrogens is 2. The lowest BCUT2D eigenvalue weighted by molar-refractivity contribution is -0.385. The SMILES string of the molecule is Cc1c(CNc2nc(C(C)(C)C)ns2)cccc1[N+](=O)[O-]. The van der Waals surface area contributed by atoms with Crippen LogP contribution in [-0.4, -0.2) is 14.3 Å². The molecule has 6 nitrogen and oxygen atoms in total. The maximum absolute atomic E-state index is 10.9. The number of hydrogen-bond acceptors (Lipinski definition) is 6. The Hall–Kier alpha value is -2.02. The number of hydrogen-bond donors (Lipinski definition) is 1. The van der Waals surface area contributed by atoms with Crippen LogP contribution in [0.1, 0.15) is 37.7 Å². The van der Waals surface area contributed by atoms with E-state index in [0.717, 1.165) is 16.5 Å². The topological polar surface area (TPSA) is 81.0 Å². The first-order chi connectivity index (χ1) is 9.79. The lowest BCUT2D eigenvalue weighted by Crippen LogP contribution is -2.13. The van der Waals surface area contributed by atoms with Crippen LogP contribution < -0.4 is 5.32 Å². The van der Waals surface area contributed by atoms with Gasteiger partial charge in [0.05, 0.1) is 4.92 Å². The number of nitro groups is 1.